The van der Waals surface area contributed by atoms with Gasteiger partial charge >= 0.3 is 6.18 Å². The van der Waals surface area contributed by atoms with Crippen molar-refractivity contribution in [1.82, 2.24) is 4.98 Å². The predicted octanol–water partition coefficient (Wildman–Crippen LogP) is 6.29. The van der Waals surface area contributed by atoms with Crippen LogP contribution in [-0.2, 0) is 22.7 Å². The van der Waals surface area contributed by atoms with E-state index in [0.717, 1.165) is 17.2 Å². The van der Waals surface area contributed by atoms with Crippen molar-refractivity contribution < 1.29 is 21.6 Å². The van der Waals surface area contributed by atoms with Crippen LogP contribution in [0.1, 0.15) is 47.7 Å². The average Bonchev–Trinajstić information content (AvgIpc) is 2.92. The molecule has 0 spiro atoms. The second-order valence-corrected chi connectivity index (χ2v) is 10.3. The van der Waals surface area contributed by atoms with Crippen molar-refractivity contribution in [2.24, 2.45) is 0 Å². The summed E-state index contributed by atoms with van der Waals surface area (Å²) in [4.78, 5) is 3.87. The number of alkyl halides is 3. The fourth-order valence-electron chi connectivity index (χ4n) is 3.82. The van der Waals surface area contributed by atoms with Crippen molar-refractivity contribution in [3.63, 3.8) is 0 Å². The molecular formula is C24H24F3N3O2S. The molecule has 0 saturated carbocycles. The summed E-state index contributed by atoms with van der Waals surface area (Å²) in [6.07, 6.45) is -4.61. The van der Waals surface area contributed by atoms with Crippen LogP contribution in [-0.4, -0.2) is 13.4 Å². The third-order valence-corrected chi connectivity index (χ3v) is 7.68. The molecule has 2 aromatic carbocycles. The Labute approximate surface area is 191 Å². The summed E-state index contributed by atoms with van der Waals surface area (Å²) in [6, 6.07) is 12.3. The minimum atomic E-state index is -4.61. The zero-order valence-electron chi connectivity index (χ0n) is 18.7. The van der Waals surface area contributed by atoms with Gasteiger partial charge in [0.2, 0.25) is 0 Å². The van der Waals surface area contributed by atoms with E-state index in [0.29, 0.717) is 22.5 Å². The van der Waals surface area contributed by atoms with Crippen LogP contribution in [0.5, 0.6) is 0 Å². The van der Waals surface area contributed by atoms with E-state index in [1.54, 1.807) is 43.3 Å². The summed E-state index contributed by atoms with van der Waals surface area (Å²) in [5, 5.41) is 2.94. The second-order valence-electron chi connectivity index (χ2n) is 8.47. The highest BCUT2D eigenvalue weighted by Crippen LogP contribution is 2.42. The average molecular weight is 476 g/mol. The van der Waals surface area contributed by atoms with Crippen LogP contribution < -0.4 is 9.62 Å². The molecular weight excluding hydrogens is 451 g/mol. The van der Waals surface area contributed by atoms with Crippen molar-refractivity contribution in [1.29, 1.82) is 0 Å². The first-order chi connectivity index (χ1) is 15.4. The molecule has 1 aliphatic heterocycles. The van der Waals surface area contributed by atoms with Crippen LogP contribution in [0.25, 0.3) is 0 Å². The lowest BCUT2D eigenvalue weighted by atomic mass is 10.0. The van der Waals surface area contributed by atoms with Crippen LogP contribution in [0, 0.1) is 13.8 Å². The lowest BCUT2D eigenvalue weighted by Gasteiger charge is -2.27. The smallest absolute Gasteiger partial charge is 0.338 e. The Kier molecular flexibility index (Phi) is 5.64. The molecule has 0 fully saturated rings. The van der Waals surface area contributed by atoms with E-state index in [9.17, 15) is 21.6 Å². The van der Waals surface area contributed by atoms with E-state index >= 15 is 0 Å². The van der Waals surface area contributed by atoms with Gasteiger partial charge < -0.3 is 5.32 Å². The van der Waals surface area contributed by atoms with E-state index in [1.807, 2.05) is 20.8 Å². The van der Waals surface area contributed by atoms with Crippen molar-refractivity contribution in [2.75, 3.05) is 9.62 Å². The lowest BCUT2D eigenvalue weighted by Crippen LogP contribution is -2.31. The maximum Gasteiger partial charge on any atom is 0.433 e. The number of sulfonamides is 1. The van der Waals surface area contributed by atoms with Gasteiger partial charge in [-0.05, 0) is 60.7 Å². The normalized spacial score (nSPS) is 13.9. The Morgan fingerprint density at radius 1 is 1.00 bits per heavy atom. The fourth-order valence-corrected chi connectivity index (χ4v) is 5.34. The van der Waals surface area contributed by atoms with Crippen LogP contribution in [0.3, 0.4) is 0 Å². The van der Waals surface area contributed by atoms with Gasteiger partial charge in [-0.3, -0.25) is 4.31 Å². The van der Waals surface area contributed by atoms with Crippen molar-refractivity contribution in [3.05, 3.63) is 76.5 Å². The molecule has 3 aromatic rings. The molecule has 2 heterocycles. The quantitative estimate of drug-likeness (QED) is 0.483. The second kappa shape index (κ2) is 8.06. The SMILES string of the molecule is Cc1ccc2c(c1C)N(S(=O)(=O)c1ccc(C(C)C)cc1)Cc1ccc(C(F)(F)F)nc1N2. The first-order valence-electron chi connectivity index (χ1n) is 10.5. The number of hydrogen-bond donors (Lipinski definition) is 1. The Hall–Kier alpha value is -3.07. The standard InChI is InChI=1S/C24H24F3N3O2S/c1-14(2)17-6-9-19(10-7-17)33(31,32)30-13-18-8-12-21(24(25,26)27)29-23(18)28-20-11-5-15(3)16(4)22(20)30/h5-12,14H,13H2,1-4H3,(H,28,29). The van der Waals surface area contributed by atoms with Gasteiger partial charge in [-0.15, -0.1) is 0 Å². The third kappa shape index (κ3) is 4.17. The lowest BCUT2D eigenvalue weighted by molar-refractivity contribution is -0.141. The molecule has 0 atom stereocenters. The summed E-state index contributed by atoms with van der Waals surface area (Å²) in [6.45, 7) is 7.54. The molecule has 1 N–H and O–H groups in total. The number of rotatable bonds is 3. The highest BCUT2D eigenvalue weighted by atomic mass is 32.2. The van der Waals surface area contributed by atoms with Gasteiger partial charge in [0, 0.05) is 5.56 Å². The van der Waals surface area contributed by atoms with Gasteiger partial charge in [0.15, 0.2) is 0 Å². The number of halogens is 3. The van der Waals surface area contributed by atoms with Crippen LogP contribution in [0.2, 0.25) is 0 Å². The summed E-state index contributed by atoms with van der Waals surface area (Å²) in [7, 11) is -4.02. The number of aromatic nitrogens is 1. The molecule has 0 radical (unpaired) electrons. The topological polar surface area (TPSA) is 62.3 Å². The zero-order valence-corrected chi connectivity index (χ0v) is 19.5. The summed E-state index contributed by atoms with van der Waals surface area (Å²) in [5.74, 6) is 0.234. The Balaban J connectivity index is 1.90. The van der Waals surface area contributed by atoms with Crippen LogP contribution >= 0.6 is 0 Å². The van der Waals surface area contributed by atoms with Crippen molar-refractivity contribution in [2.45, 2.75) is 51.2 Å². The highest BCUT2D eigenvalue weighted by molar-refractivity contribution is 7.92. The third-order valence-electron chi connectivity index (χ3n) is 5.92. The van der Waals surface area contributed by atoms with Gasteiger partial charge in [-0.1, -0.05) is 38.1 Å². The predicted molar refractivity (Wildman–Crippen MR) is 122 cm³/mol. The van der Waals surface area contributed by atoms with E-state index < -0.39 is 21.9 Å². The van der Waals surface area contributed by atoms with Gasteiger partial charge in [0.1, 0.15) is 11.5 Å². The number of fused-ring (bicyclic) bond motifs is 2. The molecule has 0 unspecified atom stereocenters. The minimum Gasteiger partial charge on any atom is -0.338 e. The maximum atomic E-state index is 13.8. The fraction of sp³-hybridized carbons (Fsp3) is 0.292. The van der Waals surface area contributed by atoms with E-state index in [1.165, 1.54) is 10.4 Å². The summed E-state index contributed by atoms with van der Waals surface area (Å²) in [5.41, 5.74) is 2.67. The number of pyridine rings is 1. The number of aryl methyl sites for hydroxylation is 1. The van der Waals surface area contributed by atoms with Gasteiger partial charge in [0.05, 0.1) is 22.8 Å². The maximum absolute atomic E-state index is 13.8. The van der Waals surface area contributed by atoms with Gasteiger partial charge in [-0.2, -0.15) is 13.2 Å². The summed E-state index contributed by atoms with van der Waals surface area (Å²) >= 11 is 0. The number of benzene rings is 2. The van der Waals surface area contributed by atoms with Crippen molar-refractivity contribution >= 4 is 27.2 Å². The molecule has 0 bridgehead atoms. The number of nitrogens with one attached hydrogen (secondary N) is 1. The molecule has 5 nitrogen and oxygen atoms in total. The summed E-state index contributed by atoms with van der Waals surface area (Å²) < 4.78 is 68.6. The van der Waals surface area contributed by atoms with E-state index in [2.05, 4.69) is 10.3 Å². The van der Waals surface area contributed by atoms with Gasteiger partial charge in [0.25, 0.3) is 10.0 Å². The first-order valence-corrected chi connectivity index (χ1v) is 11.9. The Bertz CT molecular complexity index is 1320. The number of nitrogens with zero attached hydrogens (tertiary/aromatic N) is 2. The molecule has 4 rings (SSSR count). The molecule has 1 aromatic heterocycles. The molecule has 0 saturated heterocycles. The number of hydrogen-bond acceptors (Lipinski definition) is 4. The van der Waals surface area contributed by atoms with Crippen LogP contribution in [0.4, 0.5) is 30.4 Å². The van der Waals surface area contributed by atoms with Gasteiger partial charge in [-0.25, -0.2) is 13.4 Å². The molecule has 33 heavy (non-hydrogen) atoms. The molecule has 174 valence electrons. The van der Waals surface area contributed by atoms with Crippen LogP contribution in [0.15, 0.2) is 53.4 Å². The van der Waals surface area contributed by atoms with E-state index in [4.69, 9.17) is 0 Å². The zero-order chi connectivity index (χ0) is 24.1. The monoisotopic (exact) mass is 475 g/mol. The largest absolute Gasteiger partial charge is 0.433 e. The first kappa shape index (κ1) is 23.1. The van der Waals surface area contributed by atoms with E-state index in [-0.39, 0.29) is 23.2 Å². The highest BCUT2D eigenvalue weighted by Gasteiger charge is 2.36. The number of anilines is 3. The Morgan fingerprint density at radius 3 is 2.27 bits per heavy atom. The molecule has 9 heteroatoms. The Morgan fingerprint density at radius 2 is 1.67 bits per heavy atom. The minimum absolute atomic E-state index is 0.0119. The van der Waals surface area contributed by atoms with Crippen molar-refractivity contribution in [3.8, 4) is 0 Å². The molecule has 0 amide bonds. The molecule has 0 aliphatic carbocycles. The molecule has 1 aliphatic rings.